The number of aromatic nitrogens is 1. The number of sulfonamides is 1. The van der Waals surface area contributed by atoms with Crippen LogP contribution in [0.3, 0.4) is 0 Å². The van der Waals surface area contributed by atoms with Gasteiger partial charge in [0.15, 0.2) is 0 Å². The molecule has 0 bridgehead atoms. The third-order valence-corrected chi connectivity index (χ3v) is 7.02. The maximum atomic E-state index is 13.9. The highest BCUT2D eigenvalue weighted by atomic mass is 32.2. The topological polar surface area (TPSA) is 149 Å². The summed E-state index contributed by atoms with van der Waals surface area (Å²) in [6.45, 7) is 7.25. The van der Waals surface area contributed by atoms with Crippen LogP contribution in [-0.2, 0) is 16.4 Å². The van der Waals surface area contributed by atoms with Crippen molar-refractivity contribution in [3.63, 3.8) is 0 Å². The van der Waals surface area contributed by atoms with E-state index in [2.05, 4.69) is 15.6 Å². The average Bonchev–Trinajstić information content (AvgIpc) is 2.65. The average molecular weight is 463 g/mol. The first kappa shape index (κ1) is 23.3. The number of benzene rings is 1. The molecule has 2 atom stereocenters. The zero-order chi connectivity index (χ0) is 23.8. The lowest BCUT2D eigenvalue weighted by molar-refractivity contribution is 0.177. The second kappa shape index (κ2) is 8.30. The van der Waals surface area contributed by atoms with Crippen molar-refractivity contribution in [2.24, 2.45) is 5.41 Å². The van der Waals surface area contributed by atoms with Crippen LogP contribution in [-0.4, -0.2) is 47.9 Å². The molecule has 11 heteroatoms. The van der Waals surface area contributed by atoms with Gasteiger partial charge in [0.2, 0.25) is 0 Å². The van der Waals surface area contributed by atoms with Gasteiger partial charge in [0.05, 0.1) is 40.2 Å². The van der Waals surface area contributed by atoms with E-state index in [-0.39, 0.29) is 22.7 Å². The lowest BCUT2D eigenvalue weighted by Crippen LogP contribution is -2.62. The number of anilines is 2. The third kappa shape index (κ3) is 4.62. The molecule has 1 aliphatic rings. The van der Waals surface area contributed by atoms with Gasteiger partial charge in [0, 0.05) is 6.42 Å². The van der Waals surface area contributed by atoms with Crippen LogP contribution in [0.5, 0.6) is 0 Å². The van der Waals surface area contributed by atoms with E-state index in [4.69, 9.17) is 5.11 Å². The van der Waals surface area contributed by atoms with Gasteiger partial charge in [-0.25, -0.2) is 18.0 Å². The van der Waals surface area contributed by atoms with Gasteiger partial charge in [0.1, 0.15) is 0 Å². The number of amides is 2. The molecule has 2 heterocycles. The molecule has 32 heavy (non-hydrogen) atoms. The Morgan fingerprint density at radius 1 is 1.16 bits per heavy atom. The third-order valence-electron chi connectivity index (χ3n) is 5.23. The van der Waals surface area contributed by atoms with Crippen LogP contribution in [0.25, 0.3) is 0 Å². The largest absolute Gasteiger partial charge is 0.465 e. The summed E-state index contributed by atoms with van der Waals surface area (Å²) >= 11 is 0. The first-order valence-corrected chi connectivity index (χ1v) is 11.3. The Labute approximate surface area is 186 Å². The van der Waals surface area contributed by atoms with Gasteiger partial charge in [-0.15, -0.1) is 0 Å². The molecule has 1 aliphatic heterocycles. The minimum Gasteiger partial charge on any atom is -0.465 e. The van der Waals surface area contributed by atoms with Crippen molar-refractivity contribution >= 4 is 33.6 Å². The van der Waals surface area contributed by atoms with Crippen molar-refractivity contribution in [2.75, 3.05) is 9.62 Å². The minimum atomic E-state index is -4.16. The van der Waals surface area contributed by atoms with Gasteiger partial charge >= 0.3 is 12.2 Å². The number of nitrogens with one attached hydrogen (secondary N) is 2. The van der Waals surface area contributed by atoms with Crippen LogP contribution < -0.4 is 14.9 Å². The predicted molar refractivity (Wildman–Crippen MR) is 119 cm³/mol. The molecule has 3 rings (SSSR count). The Morgan fingerprint density at radius 2 is 1.84 bits per heavy atom. The number of nitrogens with zero attached hydrogens (tertiary/aromatic N) is 2. The molecule has 0 saturated carbocycles. The van der Waals surface area contributed by atoms with Crippen LogP contribution in [0.15, 0.2) is 41.4 Å². The molecule has 2 aromatic rings. The maximum absolute atomic E-state index is 13.9. The van der Waals surface area contributed by atoms with E-state index in [1.54, 1.807) is 19.1 Å². The number of hydrogen-bond donors (Lipinski definition) is 4. The zero-order valence-electron chi connectivity index (χ0n) is 18.2. The summed E-state index contributed by atoms with van der Waals surface area (Å²) in [4.78, 5) is 27.0. The Kier molecular flexibility index (Phi) is 6.05. The lowest BCUT2D eigenvalue weighted by atomic mass is 9.78. The molecule has 0 radical (unpaired) electrons. The van der Waals surface area contributed by atoms with E-state index in [1.807, 2.05) is 20.8 Å². The number of aryl methyl sites for hydroxylation is 1. The highest BCUT2D eigenvalue weighted by Gasteiger charge is 2.48. The van der Waals surface area contributed by atoms with Gasteiger partial charge in [-0.1, -0.05) is 32.9 Å². The van der Waals surface area contributed by atoms with E-state index in [0.29, 0.717) is 5.69 Å². The molecule has 0 aliphatic carbocycles. The number of carboxylic acid groups (broad SMARTS) is 2. The molecular weight excluding hydrogens is 436 g/mol. The second-order valence-electron chi connectivity index (χ2n) is 8.81. The van der Waals surface area contributed by atoms with Crippen LogP contribution in [0.2, 0.25) is 0 Å². The van der Waals surface area contributed by atoms with Gasteiger partial charge in [-0.2, -0.15) is 0 Å². The Hall–Kier alpha value is -3.34. The van der Waals surface area contributed by atoms with Crippen molar-refractivity contribution in [2.45, 2.75) is 51.1 Å². The van der Waals surface area contributed by atoms with Crippen LogP contribution in [0.4, 0.5) is 21.0 Å². The van der Waals surface area contributed by atoms with Crippen molar-refractivity contribution in [3.8, 4) is 0 Å². The fourth-order valence-corrected chi connectivity index (χ4v) is 6.06. The smallest absolute Gasteiger partial charge is 0.409 e. The molecule has 172 valence electrons. The van der Waals surface area contributed by atoms with Crippen LogP contribution in [0, 0.1) is 12.3 Å². The molecule has 0 saturated heterocycles. The summed E-state index contributed by atoms with van der Waals surface area (Å²) in [5.41, 5.74) is 0.726. The normalized spacial score (nSPS) is 18.6. The van der Waals surface area contributed by atoms with E-state index in [9.17, 15) is 23.1 Å². The summed E-state index contributed by atoms with van der Waals surface area (Å²) in [5, 5.41) is 23.1. The fraction of sp³-hybridized carbons (Fsp3) is 0.381. The standard InChI is InChI=1S/C21H26N4O6S/c1-12-6-5-7-14(8-12)32(30,31)25-17-9-13(23-19(26)27)11-22-15(17)10-16(24-20(28)29)18(25)21(2,3)4/h5-9,11,16,18,23-24H,10H2,1-4H3,(H,26,27)(H,28,29). The minimum absolute atomic E-state index is 0.0465. The van der Waals surface area contributed by atoms with Gasteiger partial charge in [-0.3, -0.25) is 14.6 Å². The first-order chi connectivity index (χ1) is 14.8. The highest BCUT2D eigenvalue weighted by Crippen LogP contribution is 2.42. The summed E-state index contributed by atoms with van der Waals surface area (Å²) < 4.78 is 29.0. The lowest BCUT2D eigenvalue weighted by Gasteiger charge is -2.48. The summed E-state index contributed by atoms with van der Waals surface area (Å²) in [6.07, 6.45) is -1.16. The molecule has 0 spiro atoms. The Morgan fingerprint density at radius 3 is 2.41 bits per heavy atom. The van der Waals surface area contributed by atoms with Crippen LogP contribution in [0.1, 0.15) is 32.0 Å². The molecule has 0 fully saturated rings. The molecule has 2 unspecified atom stereocenters. The number of fused-ring (bicyclic) bond motifs is 1. The maximum Gasteiger partial charge on any atom is 0.409 e. The Bertz CT molecular complexity index is 1160. The second-order valence-corrected chi connectivity index (χ2v) is 10.6. The van der Waals surface area contributed by atoms with Gasteiger partial charge in [0.25, 0.3) is 10.0 Å². The Balaban J connectivity index is 2.29. The van der Waals surface area contributed by atoms with E-state index in [1.165, 1.54) is 28.7 Å². The predicted octanol–water partition coefficient (Wildman–Crippen LogP) is 3.28. The van der Waals surface area contributed by atoms with E-state index < -0.39 is 39.7 Å². The van der Waals surface area contributed by atoms with E-state index >= 15 is 0 Å². The van der Waals surface area contributed by atoms with E-state index in [0.717, 1.165) is 5.56 Å². The van der Waals surface area contributed by atoms with Crippen molar-refractivity contribution in [3.05, 3.63) is 47.8 Å². The number of carbonyl (C=O) groups is 2. The van der Waals surface area contributed by atoms with Crippen molar-refractivity contribution in [1.29, 1.82) is 0 Å². The SMILES string of the molecule is Cc1cccc(S(=O)(=O)N2c3cc(NC(=O)O)cnc3CC(NC(=O)O)C2C(C)(C)C)c1. The van der Waals surface area contributed by atoms with Gasteiger partial charge < -0.3 is 15.5 Å². The zero-order valence-corrected chi connectivity index (χ0v) is 19.0. The number of pyridine rings is 1. The molecule has 1 aromatic carbocycles. The summed E-state index contributed by atoms with van der Waals surface area (Å²) in [7, 11) is -4.16. The molecule has 4 N–H and O–H groups in total. The van der Waals surface area contributed by atoms with Crippen LogP contribution >= 0.6 is 0 Å². The molecular formula is C21H26N4O6S. The highest BCUT2D eigenvalue weighted by molar-refractivity contribution is 7.92. The molecule has 10 nitrogen and oxygen atoms in total. The van der Waals surface area contributed by atoms with Crippen molar-refractivity contribution < 1.29 is 28.2 Å². The van der Waals surface area contributed by atoms with Gasteiger partial charge in [-0.05, 0) is 36.1 Å². The fourth-order valence-electron chi connectivity index (χ4n) is 4.07. The first-order valence-electron chi connectivity index (χ1n) is 9.90. The van der Waals surface area contributed by atoms with Crippen molar-refractivity contribution in [1.82, 2.24) is 10.3 Å². The molecule has 1 aromatic heterocycles. The summed E-state index contributed by atoms with van der Waals surface area (Å²) in [5.74, 6) is 0. The number of rotatable bonds is 4. The number of hydrogen-bond acceptors (Lipinski definition) is 5. The molecule has 2 amide bonds. The monoisotopic (exact) mass is 462 g/mol. The quantitative estimate of drug-likeness (QED) is 0.545. The summed E-state index contributed by atoms with van der Waals surface area (Å²) in [6, 6.07) is 6.25.